The van der Waals surface area contributed by atoms with Crippen LogP contribution in [0.15, 0.2) is 0 Å². The Morgan fingerprint density at radius 3 is 2.14 bits per heavy atom. The van der Waals surface area contributed by atoms with Crippen LogP contribution in [0, 0.1) is 0 Å². The van der Waals surface area contributed by atoms with E-state index in [1.807, 2.05) is 0 Å². The van der Waals surface area contributed by atoms with E-state index in [1.54, 1.807) is 0 Å². The van der Waals surface area contributed by atoms with Gasteiger partial charge in [-0.1, -0.05) is 12.8 Å². The Bertz CT molecular complexity index is 306. The lowest BCUT2D eigenvalue weighted by molar-refractivity contribution is -0.139. The minimum absolute atomic E-state index is 0.0340. The predicted molar refractivity (Wildman–Crippen MR) is 83.3 cm³/mol. The summed E-state index contributed by atoms with van der Waals surface area (Å²) >= 11 is 0. The highest BCUT2D eigenvalue weighted by molar-refractivity contribution is 5.73. The number of carbonyl (C=O) groups is 3. The molecule has 8 nitrogen and oxygen atoms in total. The Morgan fingerprint density at radius 2 is 1.68 bits per heavy atom. The molecule has 0 saturated carbocycles. The molecule has 0 unspecified atom stereocenters. The highest BCUT2D eigenvalue weighted by Gasteiger charge is 2.09. The molecular formula is C14H29N3O5. The van der Waals surface area contributed by atoms with Crippen LogP contribution in [0.1, 0.15) is 51.9 Å². The SMILES string of the molecule is CC(=O)NCCCCCC(=O)O.NCCCC[C@H](N)C(=O)O. The van der Waals surface area contributed by atoms with Crippen LogP contribution in [0.3, 0.4) is 0 Å². The Balaban J connectivity index is 0. The van der Waals surface area contributed by atoms with Crippen molar-refractivity contribution in [3.63, 3.8) is 0 Å². The van der Waals surface area contributed by atoms with Gasteiger partial charge in [0.25, 0.3) is 0 Å². The molecule has 0 aromatic carbocycles. The maximum Gasteiger partial charge on any atom is 0.320 e. The maximum absolute atomic E-state index is 10.4. The molecule has 0 fully saturated rings. The number of hydrogen-bond donors (Lipinski definition) is 5. The van der Waals surface area contributed by atoms with Crippen molar-refractivity contribution in [1.82, 2.24) is 5.32 Å². The molecule has 0 heterocycles. The molecule has 0 aromatic heterocycles. The zero-order valence-electron chi connectivity index (χ0n) is 13.2. The van der Waals surface area contributed by atoms with Crippen molar-refractivity contribution in [1.29, 1.82) is 0 Å². The zero-order chi connectivity index (χ0) is 17.4. The quantitative estimate of drug-likeness (QED) is 0.343. The first-order chi connectivity index (χ1) is 10.3. The van der Waals surface area contributed by atoms with Crippen LogP contribution in [-0.4, -0.2) is 47.2 Å². The molecule has 7 N–H and O–H groups in total. The van der Waals surface area contributed by atoms with Crippen LogP contribution in [0.2, 0.25) is 0 Å². The van der Waals surface area contributed by atoms with Gasteiger partial charge in [0.2, 0.25) is 5.91 Å². The zero-order valence-corrected chi connectivity index (χ0v) is 13.2. The molecule has 0 radical (unpaired) electrons. The summed E-state index contributed by atoms with van der Waals surface area (Å²) in [6, 6.07) is -0.716. The molecule has 130 valence electrons. The summed E-state index contributed by atoms with van der Waals surface area (Å²) in [7, 11) is 0. The van der Waals surface area contributed by atoms with Crippen molar-refractivity contribution in [2.75, 3.05) is 13.1 Å². The van der Waals surface area contributed by atoms with Crippen molar-refractivity contribution in [2.45, 2.75) is 57.9 Å². The van der Waals surface area contributed by atoms with Gasteiger partial charge in [-0.15, -0.1) is 0 Å². The van der Waals surface area contributed by atoms with Crippen LogP contribution in [0.5, 0.6) is 0 Å². The van der Waals surface area contributed by atoms with E-state index in [0.717, 1.165) is 25.7 Å². The van der Waals surface area contributed by atoms with E-state index in [4.69, 9.17) is 21.7 Å². The van der Waals surface area contributed by atoms with Crippen LogP contribution < -0.4 is 16.8 Å². The highest BCUT2D eigenvalue weighted by atomic mass is 16.4. The Labute approximate surface area is 131 Å². The number of carbonyl (C=O) groups excluding carboxylic acids is 1. The van der Waals surface area contributed by atoms with Crippen LogP contribution in [0.25, 0.3) is 0 Å². The standard InChI is InChI=1S/C8H15NO3.C6H14N2O2/c1-7(10)9-6-4-2-3-5-8(11)12;7-4-2-1-3-5(8)6(9)10/h2-6H2,1H3,(H,9,10)(H,11,12);5H,1-4,7-8H2,(H,9,10)/t;5-/m.0/s1. The fraction of sp³-hybridized carbons (Fsp3) is 0.786. The van der Waals surface area contributed by atoms with Gasteiger partial charge < -0.3 is 27.0 Å². The summed E-state index contributed by atoms with van der Waals surface area (Å²) in [5.41, 5.74) is 10.4. The van der Waals surface area contributed by atoms with Crippen molar-refractivity contribution in [3.8, 4) is 0 Å². The number of carboxylic acids is 2. The lowest BCUT2D eigenvalue weighted by atomic mass is 10.1. The molecule has 0 spiro atoms. The molecule has 0 aliphatic carbocycles. The average molecular weight is 319 g/mol. The summed E-state index contributed by atoms with van der Waals surface area (Å²) in [6.45, 7) is 2.72. The maximum atomic E-state index is 10.4. The van der Waals surface area contributed by atoms with Gasteiger partial charge in [-0.25, -0.2) is 0 Å². The fourth-order valence-corrected chi connectivity index (χ4v) is 1.47. The Morgan fingerprint density at radius 1 is 1.05 bits per heavy atom. The second-order valence-electron chi connectivity index (χ2n) is 4.92. The summed E-state index contributed by atoms with van der Waals surface area (Å²) in [6.07, 6.45) is 4.78. The lowest BCUT2D eigenvalue weighted by Crippen LogP contribution is -2.29. The number of aliphatic carboxylic acids is 2. The third-order valence-corrected chi connectivity index (χ3v) is 2.73. The minimum atomic E-state index is -0.933. The van der Waals surface area contributed by atoms with E-state index < -0.39 is 18.0 Å². The Kier molecular flexibility index (Phi) is 16.1. The molecule has 0 saturated heterocycles. The first kappa shape index (κ1) is 22.6. The minimum Gasteiger partial charge on any atom is -0.481 e. The van der Waals surface area contributed by atoms with Gasteiger partial charge in [0.1, 0.15) is 6.04 Å². The normalized spacial score (nSPS) is 11.0. The molecular weight excluding hydrogens is 290 g/mol. The number of rotatable bonds is 11. The summed E-state index contributed by atoms with van der Waals surface area (Å²) < 4.78 is 0. The first-order valence-corrected chi connectivity index (χ1v) is 7.46. The van der Waals surface area contributed by atoms with Gasteiger partial charge >= 0.3 is 11.9 Å². The van der Waals surface area contributed by atoms with Crippen LogP contribution in [-0.2, 0) is 14.4 Å². The first-order valence-electron chi connectivity index (χ1n) is 7.46. The highest BCUT2D eigenvalue weighted by Crippen LogP contribution is 1.98. The van der Waals surface area contributed by atoms with Crippen LogP contribution >= 0.6 is 0 Å². The van der Waals surface area contributed by atoms with Crippen molar-refractivity contribution in [3.05, 3.63) is 0 Å². The second kappa shape index (κ2) is 15.7. The van der Waals surface area contributed by atoms with E-state index in [1.165, 1.54) is 6.92 Å². The van der Waals surface area contributed by atoms with Crippen molar-refractivity contribution < 1.29 is 24.6 Å². The number of amides is 1. The molecule has 8 heteroatoms. The van der Waals surface area contributed by atoms with E-state index in [0.29, 0.717) is 25.9 Å². The summed E-state index contributed by atoms with van der Waals surface area (Å²) in [4.78, 5) is 30.6. The van der Waals surface area contributed by atoms with Gasteiger partial charge in [-0.3, -0.25) is 14.4 Å². The van der Waals surface area contributed by atoms with Gasteiger partial charge in [0.05, 0.1) is 0 Å². The molecule has 22 heavy (non-hydrogen) atoms. The molecule has 0 aliphatic rings. The number of hydrogen-bond acceptors (Lipinski definition) is 5. The number of carboxylic acid groups (broad SMARTS) is 2. The smallest absolute Gasteiger partial charge is 0.320 e. The van der Waals surface area contributed by atoms with Crippen LogP contribution in [0.4, 0.5) is 0 Å². The molecule has 1 atom stereocenters. The topological polar surface area (TPSA) is 156 Å². The second-order valence-corrected chi connectivity index (χ2v) is 4.92. The van der Waals surface area contributed by atoms with E-state index in [2.05, 4.69) is 5.32 Å². The summed E-state index contributed by atoms with van der Waals surface area (Å²) in [5, 5.41) is 19.3. The molecule has 1 amide bonds. The van der Waals surface area contributed by atoms with Crippen molar-refractivity contribution >= 4 is 17.8 Å². The lowest BCUT2D eigenvalue weighted by Gasteiger charge is -2.03. The van der Waals surface area contributed by atoms with E-state index >= 15 is 0 Å². The monoisotopic (exact) mass is 319 g/mol. The van der Waals surface area contributed by atoms with Gasteiger partial charge in [0, 0.05) is 19.9 Å². The largest absolute Gasteiger partial charge is 0.481 e. The molecule has 0 aromatic rings. The molecule has 0 aliphatic heterocycles. The van der Waals surface area contributed by atoms with Crippen molar-refractivity contribution in [2.24, 2.45) is 11.5 Å². The Hall–Kier alpha value is -1.67. The van der Waals surface area contributed by atoms with Gasteiger partial charge in [0.15, 0.2) is 0 Å². The number of nitrogens with one attached hydrogen (secondary N) is 1. The van der Waals surface area contributed by atoms with E-state index in [-0.39, 0.29) is 12.3 Å². The molecule has 0 rings (SSSR count). The fourth-order valence-electron chi connectivity index (χ4n) is 1.47. The average Bonchev–Trinajstić information content (AvgIpc) is 2.42. The van der Waals surface area contributed by atoms with Gasteiger partial charge in [-0.2, -0.15) is 0 Å². The number of nitrogens with two attached hydrogens (primary N) is 2. The predicted octanol–water partition coefficient (Wildman–Crippen LogP) is 0.295. The molecule has 0 bridgehead atoms. The number of unbranched alkanes of at least 4 members (excludes halogenated alkanes) is 3. The third-order valence-electron chi connectivity index (χ3n) is 2.73. The van der Waals surface area contributed by atoms with E-state index in [9.17, 15) is 14.4 Å². The van der Waals surface area contributed by atoms with Gasteiger partial charge in [-0.05, 0) is 32.2 Å². The summed E-state index contributed by atoms with van der Waals surface area (Å²) in [5.74, 6) is -1.72. The third kappa shape index (κ3) is 20.6.